The molecular formula is C13H17Cl3N2O. The largest absolute Gasteiger partial charge is 0.346 e. The number of amides is 1. The molecule has 1 atom stereocenters. The molecular weight excluding hydrogens is 307 g/mol. The molecule has 1 saturated carbocycles. The van der Waals surface area contributed by atoms with E-state index in [9.17, 15) is 4.79 Å². The van der Waals surface area contributed by atoms with E-state index in [1.54, 1.807) is 18.2 Å². The van der Waals surface area contributed by atoms with Gasteiger partial charge in [-0.2, -0.15) is 0 Å². The van der Waals surface area contributed by atoms with E-state index in [4.69, 9.17) is 28.9 Å². The Bertz CT molecular complexity index is 453. The minimum absolute atomic E-state index is 0. The van der Waals surface area contributed by atoms with Gasteiger partial charge in [0, 0.05) is 28.1 Å². The maximum absolute atomic E-state index is 11.8. The Morgan fingerprint density at radius 1 is 1.42 bits per heavy atom. The highest BCUT2D eigenvalue weighted by Crippen LogP contribution is 2.50. The van der Waals surface area contributed by atoms with Crippen LogP contribution in [0.15, 0.2) is 18.2 Å². The number of carbonyl (C=O) groups excluding carboxylic acids is 1. The van der Waals surface area contributed by atoms with Crippen molar-refractivity contribution < 1.29 is 4.79 Å². The summed E-state index contributed by atoms with van der Waals surface area (Å²) >= 11 is 12.4. The van der Waals surface area contributed by atoms with Gasteiger partial charge in [0.05, 0.1) is 5.54 Å². The summed E-state index contributed by atoms with van der Waals surface area (Å²) in [5.74, 6) is -0.0570. The highest BCUT2D eigenvalue weighted by atomic mass is 35.5. The Kier molecular flexibility index (Phi) is 5.51. The van der Waals surface area contributed by atoms with Gasteiger partial charge in [0.15, 0.2) is 0 Å². The average Bonchev–Trinajstić information content (AvgIpc) is 2.96. The van der Waals surface area contributed by atoms with E-state index in [1.807, 2.05) is 6.92 Å². The van der Waals surface area contributed by atoms with Crippen molar-refractivity contribution in [1.29, 1.82) is 0 Å². The molecule has 1 aliphatic rings. The number of benzene rings is 1. The second kappa shape index (κ2) is 6.31. The second-order valence-electron chi connectivity index (χ2n) is 4.91. The zero-order valence-electron chi connectivity index (χ0n) is 10.6. The third-order valence-corrected chi connectivity index (χ3v) is 3.71. The lowest BCUT2D eigenvalue weighted by Gasteiger charge is -2.21. The highest BCUT2D eigenvalue weighted by molar-refractivity contribution is 6.36. The van der Waals surface area contributed by atoms with Gasteiger partial charge in [0.1, 0.15) is 0 Å². The van der Waals surface area contributed by atoms with Crippen LogP contribution in [0.25, 0.3) is 0 Å². The lowest BCUT2D eigenvalue weighted by atomic mass is 10.0. The van der Waals surface area contributed by atoms with Crippen LogP contribution >= 0.6 is 35.6 Å². The van der Waals surface area contributed by atoms with Crippen LogP contribution in [-0.2, 0) is 10.3 Å². The fourth-order valence-electron chi connectivity index (χ4n) is 2.13. The van der Waals surface area contributed by atoms with E-state index in [0.29, 0.717) is 16.5 Å². The van der Waals surface area contributed by atoms with Gasteiger partial charge in [-0.1, -0.05) is 29.3 Å². The molecule has 0 spiro atoms. The molecule has 3 N–H and O–H groups in total. The van der Waals surface area contributed by atoms with Gasteiger partial charge in [-0.05, 0) is 31.9 Å². The Morgan fingerprint density at radius 3 is 2.37 bits per heavy atom. The fraction of sp³-hybridized carbons (Fsp3) is 0.462. The fourth-order valence-corrected chi connectivity index (χ4v) is 2.89. The van der Waals surface area contributed by atoms with Crippen LogP contribution in [0.1, 0.15) is 31.7 Å². The van der Waals surface area contributed by atoms with E-state index in [-0.39, 0.29) is 29.9 Å². The molecule has 1 aliphatic carbocycles. The molecule has 0 bridgehead atoms. The zero-order chi connectivity index (χ0) is 13.3. The Hall–Kier alpha value is -0.480. The van der Waals surface area contributed by atoms with Crippen LogP contribution in [0, 0.1) is 0 Å². The summed E-state index contributed by atoms with van der Waals surface area (Å²) in [6.45, 7) is 1.81. The standard InChI is InChI=1S/C13H16Cl2N2O.ClH/c1-8(16)7-11(18)17-13(5-6-13)12-9(14)3-2-4-10(12)15;/h2-4,8H,5-7,16H2,1H3,(H,17,18);1H. The second-order valence-corrected chi connectivity index (χ2v) is 5.72. The predicted molar refractivity (Wildman–Crippen MR) is 81.0 cm³/mol. The first-order valence-corrected chi connectivity index (χ1v) is 6.71. The van der Waals surface area contributed by atoms with Crippen LogP contribution in [0.5, 0.6) is 0 Å². The van der Waals surface area contributed by atoms with Crippen molar-refractivity contribution in [3.63, 3.8) is 0 Å². The minimum atomic E-state index is -0.387. The number of hydrogen-bond acceptors (Lipinski definition) is 2. The smallest absolute Gasteiger partial charge is 0.222 e. The first-order valence-electron chi connectivity index (χ1n) is 5.96. The molecule has 1 aromatic carbocycles. The van der Waals surface area contributed by atoms with Gasteiger partial charge in [0.2, 0.25) is 5.91 Å². The van der Waals surface area contributed by atoms with Gasteiger partial charge in [-0.15, -0.1) is 12.4 Å². The molecule has 19 heavy (non-hydrogen) atoms. The summed E-state index contributed by atoms with van der Waals surface area (Å²) in [5.41, 5.74) is 6.06. The maximum Gasteiger partial charge on any atom is 0.222 e. The van der Waals surface area contributed by atoms with Crippen molar-refractivity contribution >= 4 is 41.5 Å². The summed E-state index contributed by atoms with van der Waals surface area (Å²) in [6.07, 6.45) is 2.03. The van der Waals surface area contributed by atoms with Crippen LogP contribution in [0.2, 0.25) is 10.0 Å². The number of hydrogen-bond donors (Lipinski definition) is 2. The Morgan fingerprint density at radius 2 is 1.95 bits per heavy atom. The predicted octanol–water partition coefficient (Wildman–Crippen LogP) is 3.26. The normalized spacial score (nSPS) is 17.3. The molecule has 1 fully saturated rings. The van der Waals surface area contributed by atoms with Gasteiger partial charge in [-0.3, -0.25) is 4.79 Å². The van der Waals surface area contributed by atoms with Crippen molar-refractivity contribution in [3.05, 3.63) is 33.8 Å². The lowest BCUT2D eigenvalue weighted by Crippen LogP contribution is -2.38. The zero-order valence-corrected chi connectivity index (χ0v) is 12.9. The van der Waals surface area contributed by atoms with Crippen molar-refractivity contribution in [2.24, 2.45) is 5.73 Å². The summed E-state index contributed by atoms with van der Waals surface area (Å²) < 4.78 is 0. The van der Waals surface area contributed by atoms with E-state index in [0.717, 1.165) is 18.4 Å². The summed E-state index contributed by atoms with van der Waals surface area (Å²) in [4.78, 5) is 11.8. The van der Waals surface area contributed by atoms with Crippen LogP contribution < -0.4 is 11.1 Å². The molecule has 0 radical (unpaired) electrons. The summed E-state index contributed by atoms with van der Waals surface area (Å²) in [6, 6.07) is 5.23. The van der Waals surface area contributed by atoms with E-state index >= 15 is 0 Å². The molecule has 1 aromatic rings. The topological polar surface area (TPSA) is 55.1 Å². The Balaban J connectivity index is 0.00000180. The Labute approximate surface area is 129 Å². The number of rotatable bonds is 4. The molecule has 0 heterocycles. The van der Waals surface area contributed by atoms with Gasteiger partial charge >= 0.3 is 0 Å². The molecule has 1 unspecified atom stereocenters. The van der Waals surface area contributed by atoms with Gasteiger partial charge < -0.3 is 11.1 Å². The number of nitrogens with two attached hydrogens (primary N) is 1. The molecule has 0 aromatic heterocycles. The SMILES string of the molecule is CC(N)CC(=O)NC1(c2c(Cl)cccc2Cl)CC1.Cl. The van der Waals surface area contributed by atoms with Crippen LogP contribution in [0.4, 0.5) is 0 Å². The van der Waals surface area contributed by atoms with Crippen LogP contribution in [-0.4, -0.2) is 11.9 Å². The number of nitrogens with one attached hydrogen (secondary N) is 1. The number of halogens is 3. The molecule has 0 saturated heterocycles. The van der Waals surface area contributed by atoms with Crippen molar-refractivity contribution in [3.8, 4) is 0 Å². The monoisotopic (exact) mass is 322 g/mol. The van der Waals surface area contributed by atoms with E-state index in [2.05, 4.69) is 5.32 Å². The molecule has 1 amide bonds. The minimum Gasteiger partial charge on any atom is -0.346 e. The lowest BCUT2D eigenvalue weighted by molar-refractivity contribution is -0.122. The third-order valence-electron chi connectivity index (χ3n) is 3.08. The van der Waals surface area contributed by atoms with Crippen molar-refractivity contribution in [2.75, 3.05) is 0 Å². The van der Waals surface area contributed by atoms with Crippen molar-refractivity contribution in [1.82, 2.24) is 5.32 Å². The van der Waals surface area contributed by atoms with Gasteiger partial charge in [-0.25, -0.2) is 0 Å². The summed E-state index contributed by atoms with van der Waals surface area (Å²) in [7, 11) is 0. The van der Waals surface area contributed by atoms with E-state index in [1.165, 1.54) is 0 Å². The quantitative estimate of drug-likeness (QED) is 0.893. The molecule has 6 heteroatoms. The highest BCUT2D eigenvalue weighted by Gasteiger charge is 2.48. The first-order chi connectivity index (χ1) is 8.44. The maximum atomic E-state index is 11.8. The van der Waals surface area contributed by atoms with Crippen molar-refractivity contribution in [2.45, 2.75) is 37.8 Å². The molecule has 0 aliphatic heterocycles. The first kappa shape index (κ1) is 16.6. The van der Waals surface area contributed by atoms with Crippen LogP contribution in [0.3, 0.4) is 0 Å². The van der Waals surface area contributed by atoms with E-state index < -0.39 is 0 Å². The molecule has 3 nitrogen and oxygen atoms in total. The summed E-state index contributed by atoms with van der Waals surface area (Å²) in [5, 5.41) is 4.21. The third kappa shape index (κ3) is 3.76. The van der Waals surface area contributed by atoms with Gasteiger partial charge in [0.25, 0.3) is 0 Å². The number of carbonyl (C=O) groups is 1. The molecule has 106 valence electrons. The average molecular weight is 324 g/mol. The molecule has 2 rings (SSSR count).